The smallest absolute Gasteiger partial charge is 0.303 e. The van der Waals surface area contributed by atoms with Crippen molar-refractivity contribution in [3.63, 3.8) is 0 Å². The molecule has 2 nitrogen and oxygen atoms in total. The first kappa shape index (κ1) is 6.47. The van der Waals surface area contributed by atoms with E-state index in [4.69, 9.17) is 5.11 Å². The molecule has 0 aliphatic rings. The van der Waals surface area contributed by atoms with Gasteiger partial charge in [-0.15, -0.1) is 0 Å². The van der Waals surface area contributed by atoms with Gasteiger partial charge in [-0.25, -0.2) is 0 Å². The number of unbranched alkanes of at least 4 members (excludes halogenated alkanes) is 1. The summed E-state index contributed by atoms with van der Waals surface area (Å²) in [6.45, 7) is 1.92. The van der Waals surface area contributed by atoms with Gasteiger partial charge >= 0.3 is 5.97 Å². The van der Waals surface area contributed by atoms with Crippen LogP contribution in [-0.4, -0.2) is 11.1 Å². The van der Waals surface area contributed by atoms with E-state index in [9.17, 15) is 4.79 Å². The van der Waals surface area contributed by atoms with Crippen molar-refractivity contribution in [2.24, 2.45) is 0 Å². The van der Waals surface area contributed by atoms with Gasteiger partial charge in [0.1, 0.15) is 0 Å². The van der Waals surface area contributed by atoms with Gasteiger partial charge in [0, 0.05) is 6.42 Å². The molecular weight excluding hydrogens is 92.1 g/mol. The van der Waals surface area contributed by atoms with E-state index in [2.05, 4.69) is 0 Å². The number of carboxylic acid groups (broad SMARTS) is 1. The van der Waals surface area contributed by atoms with Crippen molar-refractivity contribution in [1.82, 2.24) is 0 Å². The van der Waals surface area contributed by atoms with Gasteiger partial charge < -0.3 is 5.11 Å². The normalized spacial score (nSPS) is 8.71. The van der Waals surface area contributed by atoms with Crippen molar-refractivity contribution in [3.8, 4) is 0 Å². The van der Waals surface area contributed by atoms with Crippen molar-refractivity contribution in [2.75, 3.05) is 0 Å². The summed E-state index contributed by atoms with van der Waals surface area (Å²) in [7, 11) is 0. The van der Waals surface area contributed by atoms with Gasteiger partial charge in [-0.3, -0.25) is 4.79 Å². The molecule has 0 aliphatic heterocycles. The zero-order valence-electron chi connectivity index (χ0n) is 4.35. The zero-order valence-corrected chi connectivity index (χ0v) is 4.35. The average molecular weight is 101 g/mol. The molecule has 0 aliphatic carbocycles. The summed E-state index contributed by atoms with van der Waals surface area (Å²) < 4.78 is 0. The van der Waals surface area contributed by atoms with Gasteiger partial charge in [0.2, 0.25) is 0 Å². The summed E-state index contributed by atoms with van der Waals surface area (Å²) in [5.41, 5.74) is 0. The molecule has 0 saturated carbocycles. The van der Waals surface area contributed by atoms with E-state index in [0.717, 1.165) is 6.42 Å². The highest BCUT2D eigenvalue weighted by Gasteiger charge is 1.91. The molecule has 0 unspecified atom stereocenters. The number of carbonyl (C=O) groups is 1. The molecule has 0 aromatic carbocycles. The zero-order chi connectivity index (χ0) is 5.70. The molecule has 0 rings (SSSR count). The fourth-order valence-corrected chi connectivity index (χ4v) is 0.268. The van der Waals surface area contributed by atoms with Crippen LogP contribution in [0.5, 0.6) is 0 Å². The summed E-state index contributed by atoms with van der Waals surface area (Å²) in [4.78, 5) is 9.73. The third kappa shape index (κ3) is 5.47. The average Bonchev–Trinajstić information content (AvgIpc) is 1.61. The molecule has 0 amide bonds. The first-order chi connectivity index (χ1) is 3.27. The Balaban J connectivity index is 2.82. The molecule has 2 heteroatoms. The minimum atomic E-state index is -0.748. The lowest BCUT2D eigenvalue weighted by Gasteiger charge is -1.85. The van der Waals surface area contributed by atoms with Gasteiger partial charge in [0.25, 0.3) is 0 Å². The Morgan fingerprint density at radius 2 is 2.43 bits per heavy atom. The topological polar surface area (TPSA) is 37.3 Å². The van der Waals surface area contributed by atoms with Gasteiger partial charge in [-0.05, 0) is 6.42 Å². The lowest BCUT2D eigenvalue weighted by molar-refractivity contribution is -0.136. The first-order valence-corrected chi connectivity index (χ1v) is 2.30. The maximum Gasteiger partial charge on any atom is 0.303 e. The maximum absolute atomic E-state index is 9.73. The Labute approximate surface area is 43.2 Å². The van der Waals surface area contributed by atoms with E-state index in [1.807, 2.05) is 6.92 Å². The van der Waals surface area contributed by atoms with Crippen molar-refractivity contribution < 1.29 is 9.90 Å². The van der Waals surface area contributed by atoms with Crippen molar-refractivity contribution in [1.29, 1.82) is 0 Å². The number of hydrogen-bond acceptors (Lipinski definition) is 1. The molecule has 0 heterocycles. The monoisotopic (exact) mass is 101 g/mol. The van der Waals surface area contributed by atoms with Crippen molar-refractivity contribution in [3.05, 3.63) is 6.42 Å². The molecule has 7 heavy (non-hydrogen) atoms. The summed E-state index contributed by atoms with van der Waals surface area (Å²) >= 11 is 0. The van der Waals surface area contributed by atoms with Crippen LogP contribution in [0.25, 0.3) is 0 Å². The molecule has 41 valence electrons. The minimum absolute atomic E-state index is 0.191. The number of hydrogen-bond donors (Lipinski definition) is 1. The van der Waals surface area contributed by atoms with Crippen LogP contribution < -0.4 is 0 Å². The van der Waals surface area contributed by atoms with Gasteiger partial charge in [-0.2, -0.15) is 0 Å². The second-order valence-electron chi connectivity index (χ2n) is 1.29. The van der Waals surface area contributed by atoms with E-state index in [1.54, 1.807) is 6.42 Å². The van der Waals surface area contributed by atoms with Gasteiger partial charge in [0.15, 0.2) is 0 Å². The Hall–Kier alpha value is -0.530. The third-order valence-electron chi connectivity index (χ3n) is 0.608. The SMILES string of the molecule is CC[CH]CC(=O)O. The molecule has 0 aromatic heterocycles. The van der Waals surface area contributed by atoms with Crippen LogP contribution in [0.2, 0.25) is 0 Å². The predicted octanol–water partition coefficient (Wildman–Crippen LogP) is 1.08. The number of rotatable bonds is 3. The molecule has 0 saturated heterocycles. The fourth-order valence-electron chi connectivity index (χ4n) is 0.268. The molecular formula is C5H9O2. The summed E-state index contributed by atoms with van der Waals surface area (Å²) in [5.74, 6) is -0.748. The Morgan fingerprint density at radius 1 is 1.86 bits per heavy atom. The Morgan fingerprint density at radius 3 is 2.57 bits per heavy atom. The molecule has 0 aromatic rings. The van der Waals surface area contributed by atoms with Gasteiger partial charge in [-0.1, -0.05) is 13.3 Å². The lowest BCUT2D eigenvalue weighted by atomic mass is 10.3. The first-order valence-electron chi connectivity index (χ1n) is 2.30. The van der Waals surface area contributed by atoms with Crippen molar-refractivity contribution in [2.45, 2.75) is 19.8 Å². The molecule has 0 fully saturated rings. The molecule has 1 N–H and O–H groups in total. The van der Waals surface area contributed by atoms with Crippen LogP contribution in [0, 0.1) is 6.42 Å². The molecule has 0 bridgehead atoms. The van der Waals surface area contributed by atoms with Crippen LogP contribution >= 0.6 is 0 Å². The lowest BCUT2D eigenvalue weighted by Crippen LogP contribution is -1.92. The highest BCUT2D eigenvalue weighted by molar-refractivity contribution is 5.67. The van der Waals surface area contributed by atoms with Crippen LogP contribution in [0.15, 0.2) is 0 Å². The van der Waals surface area contributed by atoms with Crippen LogP contribution in [0.3, 0.4) is 0 Å². The van der Waals surface area contributed by atoms with Crippen LogP contribution in [-0.2, 0) is 4.79 Å². The number of aliphatic carboxylic acids is 1. The standard InChI is InChI=1S/C5H9O2/c1-2-3-4-5(6)7/h3H,2,4H2,1H3,(H,6,7). The van der Waals surface area contributed by atoms with E-state index in [-0.39, 0.29) is 6.42 Å². The molecule has 0 atom stereocenters. The van der Waals surface area contributed by atoms with E-state index < -0.39 is 5.97 Å². The summed E-state index contributed by atoms with van der Waals surface area (Å²) in [6.07, 6.45) is 2.76. The van der Waals surface area contributed by atoms with Crippen LogP contribution in [0.1, 0.15) is 19.8 Å². The Kier molecular flexibility index (Phi) is 3.38. The van der Waals surface area contributed by atoms with E-state index >= 15 is 0 Å². The van der Waals surface area contributed by atoms with Crippen molar-refractivity contribution >= 4 is 5.97 Å². The largest absolute Gasteiger partial charge is 0.481 e. The third-order valence-corrected chi connectivity index (χ3v) is 0.608. The Bertz CT molecular complexity index is 59.1. The fraction of sp³-hybridized carbons (Fsp3) is 0.600. The van der Waals surface area contributed by atoms with E-state index in [0.29, 0.717) is 0 Å². The predicted molar refractivity (Wildman–Crippen MR) is 26.8 cm³/mol. The molecule has 0 spiro atoms. The number of carboxylic acids is 1. The highest BCUT2D eigenvalue weighted by atomic mass is 16.4. The summed E-state index contributed by atoms with van der Waals surface area (Å²) in [6, 6.07) is 0. The molecule has 1 radical (unpaired) electrons. The van der Waals surface area contributed by atoms with E-state index in [1.165, 1.54) is 0 Å². The minimum Gasteiger partial charge on any atom is -0.481 e. The summed E-state index contributed by atoms with van der Waals surface area (Å²) in [5, 5.41) is 8.01. The van der Waals surface area contributed by atoms with Crippen LogP contribution in [0.4, 0.5) is 0 Å². The quantitative estimate of drug-likeness (QED) is 0.577. The van der Waals surface area contributed by atoms with Gasteiger partial charge in [0.05, 0.1) is 0 Å². The highest BCUT2D eigenvalue weighted by Crippen LogP contribution is 1.89. The second-order valence-corrected chi connectivity index (χ2v) is 1.29. The maximum atomic E-state index is 9.73. The second kappa shape index (κ2) is 3.65.